The standard InChI is InChI=1S/C15H24O3/c1-5-18-13-8-6-12(7-9-13)14(16)10-11-15(2,3)17-4/h6-9,14,16H,5,10-11H2,1-4H3. The Labute approximate surface area is 110 Å². The second-order valence-corrected chi connectivity index (χ2v) is 5.02. The Balaban J connectivity index is 2.53. The molecule has 1 aromatic rings. The van der Waals surface area contributed by atoms with E-state index in [2.05, 4.69) is 0 Å². The number of hydrogen-bond acceptors (Lipinski definition) is 3. The third-order valence-corrected chi connectivity index (χ3v) is 3.15. The summed E-state index contributed by atoms with van der Waals surface area (Å²) < 4.78 is 10.7. The quantitative estimate of drug-likeness (QED) is 0.809. The van der Waals surface area contributed by atoms with Gasteiger partial charge in [-0.1, -0.05) is 12.1 Å². The summed E-state index contributed by atoms with van der Waals surface area (Å²) in [5.74, 6) is 0.839. The van der Waals surface area contributed by atoms with Gasteiger partial charge < -0.3 is 14.6 Å². The maximum atomic E-state index is 10.1. The van der Waals surface area contributed by atoms with Crippen molar-refractivity contribution < 1.29 is 14.6 Å². The highest BCUT2D eigenvalue weighted by Gasteiger charge is 2.18. The molecule has 1 unspecified atom stereocenters. The number of rotatable bonds is 7. The normalized spacial score (nSPS) is 13.4. The van der Waals surface area contributed by atoms with E-state index in [0.29, 0.717) is 13.0 Å². The molecule has 102 valence electrons. The average Bonchev–Trinajstić information content (AvgIpc) is 2.37. The molecule has 0 aliphatic carbocycles. The molecule has 1 rings (SSSR count). The van der Waals surface area contributed by atoms with Crippen LogP contribution >= 0.6 is 0 Å². The van der Waals surface area contributed by atoms with E-state index in [9.17, 15) is 5.11 Å². The van der Waals surface area contributed by atoms with E-state index in [4.69, 9.17) is 9.47 Å². The SMILES string of the molecule is CCOc1ccc(C(O)CCC(C)(C)OC)cc1. The van der Waals surface area contributed by atoms with Gasteiger partial charge in [0, 0.05) is 7.11 Å². The highest BCUT2D eigenvalue weighted by molar-refractivity contribution is 5.28. The van der Waals surface area contributed by atoms with Gasteiger partial charge in [-0.2, -0.15) is 0 Å². The number of hydrogen-bond donors (Lipinski definition) is 1. The third kappa shape index (κ3) is 4.67. The number of benzene rings is 1. The van der Waals surface area contributed by atoms with Gasteiger partial charge in [-0.25, -0.2) is 0 Å². The molecule has 0 aliphatic heterocycles. The minimum atomic E-state index is -0.449. The van der Waals surface area contributed by atoms with Crippen molar-refractivity contribution in [2.24, 2.45) is 0 Å². The number of methoxy groups -OCH3 is 1. The molecule has 0 bridgehead atoms. The van der Waals surface area contributed by atoms with Gasteiger partial charge in [0.15, 0.2) is 0 Å². The lowest BCUT2D eigenvalue weighted by atomic mass is 9.97. The van der Waals surface area contributed by atoms with Gasteiger partial charge >= 0.3 is 0 Å². The minimum absolute atomic E-state index is 0.188. The van der Waals surface area contributed by atoms with Crippen molar-refractivity contribution in [3.63, 3.8) is 0 Å². The van der Waals surface area contributed by atoms with Gasteiger partial charge in [0.25, 0.3) is 0 Å². The summed E-state index contributed by atoms with van der Waals surface area (Å²) in [4.78, 5) is 0. The molecule has 0 aromatic heterocycles. The predicted molar refractivity (Wildman–Crippen MR) is 72.9 cm³/mol. The number of aliphatic hydroxyl groups excluding tert-OH is 1. The highest BCUT2D eigenvalue weighted by Crippen LogP contribution is 2.25. The van der Waals surface area contributed by atoms with E-state index in [1.54, 1.807) is 7.11 Å². The van der Waals surface area contributed by atoms with E-state index in [0.717, 1.165) is 17.7 Å². The van der Waals surface area contributed by atoms with Crippen molar-refractivity contribution in [3.05, 3.63) is 29.8 Å². The Hall–Kier alpha value is -1.06. The average molecular weight is 252 g/mol. The number of aliphatic hydroxyl groups is 1. The van der Waals surface area contributed by atoms with Crippen LogP contribution in [-0.2, 0) is 4.74 Å². The lowest BCUT2D eigenvalue weighted by molar-refractivity contribution is 0.00278. The van der Waals surface area contributed by atoms with Crippen molar-refractivity contribution in [1.29, 1.82) is 0 Å². The van der Waals surface area contributed by atoms with Crippen LogP contribution in [0.5, 0.6) is 5.75 Å². The van der Waals surface area contributed by atoms with Crippen LogP contribution in [0.1, 0.15) is 45.3 Å². The van der Waals surface area contributed by atoms with Crippen LogP contribution in [0.15, 0.2) is 24.3 Å². The topological polar surface area (TPSA) is 38.7 Å². The van der Waals surface area contributed by atoms with Crippen LogP contribution in [0.25, 0.3) is 0 Å². The Bertz CT molecular complexity index is 343. The van der Waals surface area contributed by atoms with Gasteiger partial charge in [-0.05, 0) is 51.3 Å². The molecular weight excluding hydrogens is 228 g/mol. The lowest BCUT2D eigenvalue weighted by Crippen LogP contribution is -2.23. The van der Waals surface area contributed by atoms with Crippen molar-refractivity contribution in [1.82, 2.24) is 0 Å². The molecule has 0 amide bonds. The van der Waals surface area contributed by atoms with Gasteiger partial charge in [0.2, 0.25) is 0 Å². The smallest absolute Gasteiger partial charge is 0.119 e. The van der Waals surface area contributed by atoms with Gasteiger partial charge in [0.05, 0.1) is 18.3 Å². The molecule has 3 heteroatoms. The first kappa shape index (κ1) is 15.0. The molecule has 1 atom stereocenters. The van der Waals surface area contributed by atoms with Crippen LogP contribution in [0.4, 0.5) is 0 Å². The summed E-state index contributed by atoms with van der Waals surface area (Å²) in [6, 6.07) is 7.61. The molecule has 0 fully saturated rings. The van der Waals surface area contributed by atoms with E-state index in [1.807, 2.05) is 45.0 Å². The Kier molecular flexibility index (Phi) is 5.63. The molecule has 1 N–H and O–H groups in total. The molecule has 0 saturated carbocycles. The summed E-state index contributed by atoms with van der Waals surface area (Å²) in [5.41, 5.74) is 0.733. The van der Waals surface area contributed by atoms with Crippen molar-refractivity contribution >= 4 is 0 Å². The van der Waals surface area contributed by atoms with Crippen LogP contribution in [0.2, 0.25) is 0 Å². The van der Waals surface area contributed by atoms with E-state index in [1.165, 1.54) is 0 Å². The second-order valence-electron chi connectivity index (χ2n) is 5.02. The monoisotopic (exact) mass is 252 g/mol. The van der Waals surface area contributed by atoms with Crippen LogP contribution in [0, 0.1) is 0 Å². The number of ether oxygens (including phenoxy) is 2. The largest absolute Gasteiger partial charge is 0.494 e. The zero-order valence-corrected chi connectivity index (χ0v) is 11.8. The molecule has 3 nitrogen and oxygen atoms in total. The van der Waals surface area contributed by atoms with E-state index < -0.39 is 6.10 Å². The summed E-state index contributed by atoms with van der Waals surface area (Å²) >= 11 is 0. The molecule has 0 radical (unpaired) electrons. The van der Waals surface area contributed by atoms with Crippen molar-refractivity contribution in [2.75, 3.05) is 13.7 Å². The fourth-order valence-corrected chi connectivity index (χ4v) is 1.71. The summed E-state index contributed by atoms with van der Waals surface area (Å²) in [7, 11) is 1.70. The van der Waals surface area contributed by atoms with Crippen LogP contribution in [-0.4, -0.2) is 24.4 Å². The van der Waals surface area contributed by atoms with Crippen molar-refractivity contribution in [3.8, 4) is 5.75 Å². The fourth-order valence-electron chi connectivity index (χ4n) is 1.71. The van der Waals surface area contributed by atoms with Crippen LogP contribution < -0.4 is 4.74 Å². The third-order valence-electron chi connectivity index (χ3n) is 3.15. The molecule has 0 spiro atoms. The summed E-state index contributed by atoms with van der Waals surface area (Å²) in [6.45, 7) is 6.66. The first-order chi connectivity index (χ1) is 8.48. The maximum absolute atomic E-state index is 10.1. The highest BCUT2D eigenvalue weighted by atomic mass is 16.5. The second kappa shape index (κ2) is 6.76. The maximum Gasteiger partial charge on any atom is 0.119 e. The van der Waals surface area contributed by atoms with Gasteiger partial charge in [-0.15, -0.1) is 0 Å². The Morgan fingerprint density at radius 1 is 1.22 bits per heavy atom. The Morgan fingerprint density at radius 2 is 1.83 bits per heavy atom. The van der Waals surface area contributed by atoms with E-state index in [-0.39, 0.29) is 5.60 Å². The Morgan fingerprint density at radius 3 is 2.33 bits per heavy atom. The van der Waals surface area contributed by atoms with Gasteiger partial charge in [-0.3, -0.25) is 0 Å². The van der Waals surface area contributed by atoms with Crippen LogP contribution in [0.3, 0.4) is 0 Å². The lowest BCUT2D eigenvalue weighted by Gasteiger charge is -2.24. The molecule has 18 heavy (non-hydrogen) atoms. The first-order valence-corrected chi connectivity index (χ1v) is 6.44. The molecule has 0 saturated heterocycles. The van der Waals surface area contributed by atoms with Crippen molar-refractivity contribution in [2.45, 2.75) is 45.3 Å². The first-order valence-electron chi connectivity index (χ1n) is 6.44. The minimum Gasteiger partial charge on any atom is -0.494 e. The molecule has 0 aliphatic rings. The zero-order chi connectivity index (χ0) is 13.6. The van der Waals surface area contributed by atoms with Gasteiger partial charge in [0.1, 0.15) is 5.75 Å². The fraction of sp³-hybridized carbons (Fsp3) is 0.600. The summed E-state index contributed by atoms with van der Waals surface area (Å²) in [5, 5.41) is 10.1. The molecule has 1 aromatic carbocycles. The van der Waals surface area contributed by atoms with E-state index >= 15 is 0 Å². The zero-order valence-electron chi connectivity index (χ0n) is 11.8. The molecular formula is C15H24O3. The molecule has 0 heterocycles. The summed E-state index contributed by atoms with van der Waals surface area (Å²) in [6.07, 6.45) is 1.06. The predicted octanol–water partition coefficient (Wildman–Crippen LogP) is 3.32.